The highest BCUT2D eigenvalue weighted by Gasteiger charge is 2.41. The summed E-state index contributed by atoms with van der Waals surface area (Å²) in [6, 6.07) is 23.3. The Hall–Kier alpha value is -2.77. The van der Waals surface area contributed by atoms with E-state index in [4.69, 9.17) is 9.26 Å². The average molecular weight is 408 g/mol. The first-order chi connectivity index (χ1) is 14.1. The summed E-state index contributed by atoms with van der Waals surface area (Å²) in [7, 11) is -1.48. The Kier molecular flexibility index (Phi) is 7.87. The first-order valence-electron chi connectivity index (χ1n) is 9.76. The second kappa shape index (κ2) is 10.1. The number of rotatable bonds is 3. The van der Waals surface area contributed by atoms with Gasteiger partial charge in [-0.05, 0) is 42.3 Å². The van der Waals surface area contributed by atoms with Crippen molar-refractivity contribution in [2.75, 3.05) is 7.11 Å². The molecule has 0 saturated heterocycles. The smallest absolute Gasteiger partial charge is 0.284 e. The van der Waals surface area contributed by atoms with Gasteiger partial charge in [0.25, 0.3) is 7.37 Å². The molecule has 0 saturated carbocycles. The molecule has 3 aromatic carbocycles. The van der Waals surface area contributed by atoms with Crippen molar-refractivity contribution in [3.05, 3.63) is 91.5 Å². The van der Waals surface area contributed by atoms with Crippen molar-refractivity contribution in [2.24, 2.45) is 0 Å². The van der Waals surface area contributed by atoms with Crippen molar-refractivity contribution in [3.8, 4) is 22.6 Å². The molecule has 0 radical (unpaired) electrons. The van der Waals surface area contributed by atoms with E-state index in [9.17, 15) is 4.57 Å². The first kappa shape index (κ1) is 22.5. The van der Waals surface area contributed by atoms with Crippen LogP contribution in [0.4, 0.5) is 0 Å². The molecule has 4 heteroatoms. The van der Waals surface area contributed by atoms with E-state index in [1.165, 1.54) is 0 Å². The minimum atomic E-state index is -3.11. The molecule has 0 aromatic heterocycles. The van der Waals surface area contributed by atoms with Crippen molar-refractivity contribution in [1.29, 1.82) is 0 Å². The topological polar surface area (TPSA) is 35.5 Å². The van der Waals surface area contributed by atoms with Gasteiger partial charge >= 0.3 is 0 Å². The Bertz CT molecular complexity index is 979. The molecule has 1 heterocycles. The van der Waals surface area contributed by atoms with E-state index in [1.807, 2.05) is 93.6 Å². The lowest BCUT2D eigenvalue weighted by atomic mass is 10.0. The van der Waals surface area contributed by atoms with Crippen LogP contribution in [0.15, 0.2) is 86.0 Å². The van der Waals surface area contributed by atoms with Crippen molar-refractivity contribution < 1.29 is 13.8 Å². The molecule has 152 valence electrons. The summed E-state index contributed by atoms with van der Waals surface area (Å²) >= 11 is 0. The second-order valence-electron chi connectivity index (χ2n) is 6.15. The molecule has 0 aliphatic carbocycles. The molecule has 4 rings (SSSR count). The summed E-state index contributed by atoms with van der Waals surface area (Å²) in [6.07, 6.45) is 0. The monoisotopic (exact) mass is 408 g/mol. The molecule has 0 spiro atoms. The van der Waals surface area contributed by atoms with E-state index in [-0.39, 0.29) is 5.66 Å². The van der Waals surface area contributed by atoms with Gasteiger partial charge in [0.2, 0.25) is 0 Å². The fraction of sp³-hybridized carbons (Fsp3) is 0.200. The number of benzene rings is 3. The minimum Gasteiger partial charge on any atom is -0.497 e. The lowest BCUT2D eigenvalue weighted by Crippen LogP contribution is -2.21. The van der Waals surface area contributed by atoms with Gasteiger partial charge < -0.3 is 9.26 Å². The van der Waals surface area contributed by atoms with Crippen molar-refractivity contribution in [1.82, 2.24) is 0 Å². The summed E-state index contributed by atoms with van der Waals surface area (Å²) in [5.74, 6) is 1.47. The fourth-order valence-electron chi connectivity index (χ4n) is 3.30. The average Bonchev–Trinajstić information content (AvgIpc) is 2.81. The molecule has 3 aromatic rings. The maximum atomic E-state index is 14.0. The zero-order valence-electron chi connectivity index (χ0n) is 17.6. The number of para-hydroxylation sites is 1. The molecular weight excluding hydrogens is 379 g/mol. The normalized spacial score (nSPS) is 17.0. The largest absolute Gasteiger partial charge is 0.497 e. The van der Waals surface area contributed by atoms with Crippen molar-refractivity contribution in [2.45, 2.75) is 26.4 Å². The quantitative estimate of drug-likeness (QED) is 0.338. The zero-order valence-corrected chi connectivity index (χ0v) is 18.5. The SMILES string of the molecule is C=C.CC.COc1ccc(C(C)P2(=O)Oc3ccccc3-c3ccccc32)cc1. The van der Waals surface area contributed by atoms with E-state index in [1.54, 1.807) is 7.11 Å². The van der Waals surface area contributed by atoms with Crippen LogP contribution < -0.4 is 14.6 Å². The third kappa shape index (κ3) is 4.31. The van der Waals surface area contributed by atoms with Gasteiger partial charge in [0.1, 0.15) is 11.5 Å². The maximum Gasteiger partial charge on any atom is 0.284 e. The molecule has 1 aliphatic rings. The molecule has 0 bridgehead atoms. The van der Waals surface area contributed by atoms with E-state index < -0.39 is 7.37 Å². The summed E-state index contributed by atoms with van der Waals surface area (Å²) in [5, 5.41) is 0.789. The lowest BCUT2D eigenvalue weighted by molar-refractivity contribution is 0.414. The van der Waals surface area contributed by atoms with Crippen LogP contribution in [0.3, 0.4) is 0 Å². The van der Waals surface area contributed by atoms with Crippen LogP contribution >= 0.6 is 7.37 Å². The highest BCUT2D eigenvalue weighted by Crippen LogP contribution is 2.63. The zero-order chi connectivity index (χ0) is 21.4. The standard InChI is InChI=1S/C21H19O3P.C2H6.C2H4/c1-15(16-11-13-17(23-2)14-12-16)25(22)21-10-6-4-8-19(21)18-7-3-5-9-20(18)24-25;2*1-2/h3-15H,1-2H3;1-2H3;1-2H2. The molecule has 0 amide bonds. The predicted octanol–water partition coefficient (Wildman–Crippen LogP) is 7.25. The maximum absolute atomic E-state index is 14.0. The van der Waals surface area contributed by atoms with Crippen LogP contribution in [-0.2, 0) is 4.57 Å². The summed E-state index contributed by atoms with van der Waals surface area (Å²) in [4.78, 5) is 0. The number of hydrogen-bond donors (Lipinski definition) is 0. The van der Waals surface area contributed by atoms with Gasteiger partial charge in [-0.1, -0.05) is 62.4 Å². The van der Waals surface area contributed by atoms with Crippen LogP contribution in [0, 0.1) is 0 Å². The van der Waals surface area contributed by atoms with E-state index >= 15 is 0 Å². The number of hydrogen-bond acceptors (Lipinski definition) is 3. The summed E-state index contributed by atoms with van der Waals surface area (Å²) in [5.41, 5.74) is 2.70. The van der Waals surface area contributed by atoms with Crippen LogP contribution in [0.1, 0.15) is 32.0 Å². The third-order valence-corrected chi connectivity index (χ3v) is 7.61. The summed E-state index contributed by atoms with van der Waals surface area (Å²) < 4.78 is 25.4. The van der Waals surface area contributed by atoms with Gasteiger partial charge in [0, 0.05) is 5.56 Å². The van der Waals surface area contributed by atoms with Gasteiger partial charge in [-0.15, -0.1) is 13.2 Å². The Morgan fingerprint density at radius 3 is 2.03 bits per heavy atom. The van der Waals surface area contributed by atoms with Crippen molar-refractivity contribution in [3.63, 3.8) is 0 Å². The van der Waals surface area contributed by atoms with Crippen LogP contribution in [0.5, 0.6) is 11.5 Å². The van der Waals surface area contributed by atoms with Gasteiger partial charge in [-0.25, -0.2) is 0 Å². The second-order valence-corrected chi connectivity index (χ2v) is 8.78. The van der Waals surface area contributed by atoms with Crippen LogP contribution in [-0.4, -0.2) is 7.11 Å². The molecule has 0 N–H and O–H groups in total. The Morgan fingerprint density at radius 1 is 0.862 bits per heavy atom. The Morgan fingerprint density at radius 2 is 1.41 bits per heavy atom. The number of fused-ring (bicyclic) bond motifs is 3. The molecule has 1 aliphatic heterocycles. The first-order valence-corrected chi connectivity index (χ1v) is 11.4. The highest BCUT2D eigenvalue weighted by molar-refractivity contribution is 7.68. The minimum absolute atomic E-state index is 0.257. The molecule has 29 heavy (non-hydrogen) atoms. The Balaban J connectivity index is 0.000000707. The number of ether oxygens (including phenoxy) is 1. The third-order valence-electron chi connectivity index (χ3n) is 4.76. The predicted molar refractivity (Wildman–Crippen MR) is 124 cm³/mol. The number of methoxy groups -OCH3 is 1. The van der Waals surface area contributed by atoms with E-state index in [0.717, 1.165) is 27.7 Å². The highest BCUT2D eigenvalue weighted by atomic mass is 31.2. The lowest BCUT2D eigenvalue weighted by Gasteiger charge is -2.32. The Labute approximate surface area is 174 Å². The molecular formula is C25H29O3P. The van der Waals surface area contributed by atoms with E-state index in [0.29, 0.717) is 5.75 Å². The van der Waals surface area contributed by atoms with Gasteiger partial charge in [0.05, 0.1) is 18.1 Å². The van der Waals surface area contributed by atoms with Gasteiger partial charge in [0.15, 0.2) is 0 Å². The van der Waals surface area contributed by atoms with Crippen molar-refractivity contribution >= 4 is 12.7 Å². The summed E-state index contributed by atoms with van der Waals surface area (Å²) in [6.45, 7) is 12.0. The van der Waals surface area contributed by atoms with Gasteiger partial charge in [-0.3, -0.25) is 4.57 Å². The molecule has 3 nitrogen and oxygen atoms in total. The van der Waals surface area contributed by atoms with Crippen LogP contribution in [0.2, 0.25) is 0 Å². The fourth-order valence-corrected chi connectivity index (χ4v) is 5.82. The molecule has 0 fully saturated rings. The molecule has 2 unspecified atom stereocenters. The van der Waals surface area contributed by atoms with Crippen LogP contribution in [0.25, 0.3) is 11.1 Å². The van der Waals surface area contributed by atoms with E-state index in [2.05, 4.69) is 13.2 Å². The van der Waals surface area contributed by atoms with Gasteiger partial charge in [-0.2, -0.15) is 0 Å². The molecule has 2 atom stereocenters.